The van der Waals surface area contributed by atoms with Crippen molar-refractivity contribution in [3.63, 3.8) is 0 Å². The predicted molar refractivity (Wildman–Crippen MR) is 106 cm³/mol. The smallest absolute Gasteiger partial charge is 0.290 e. The summed E-state index contributed by atoms with van der Waals surface area (Å²) in [5.41, 5.74) is 1.85. The van der Waals surface area contributed by atoms with Crippen LogP contribution in [0.15, 0.2) is 24.3 Å². The SMILES string of the molecule is CCCC[C@@H]1CN(C(=O)c2cccc(N(C)C)c2)C[C@H](C2CC2)O1.O=CO. The number of anilines is 1. The topological polar surface area (TPSA) is 70.1 Å². The zero-order chi connectivity index (χ0) is 19.8. The molecule has 2 fully saturated rings. The minimum atomic E-state index is -0.250. The number of ether oxygens (including phenoxy) is 1. The quantitative estimate of drug-likeness (QED) is 0.772. The number of carboxylic acid groups (broad SMARTS) is 1. The Balaban J connectivity index is 0.000000817. The van der Waals surface area contributed by atoms with Gasteiger partial charge in [0, 0.05) is 38.4 Å². The molecular weight excluding hydrogens is 344 g/mol. The lowest BCUT2D eigenvalue weighted by atomic mass is 10.1. The highest BCUT2D eigenvalue weighted by atomic mass is 16.5. The third-order valence-corrected chi connectivity index (χ3v) is 5.12. The standard InChI is InChI=1S/C20H30N2O2.CH2O2/c1-4-5-9-18-13-22(14-19(24-18)15-10-11-15)20(23)16-7-6-8-17(12-16)21(2)3;2-1-3/h6-8,12,15,18-19H,4-5,9-11,13-14H2,1-3H3;1H,(H,2,3)/t18-,19-;/m1./s1. The van der Waals surface area contributed by atoms with Crippen LogP contribution in [0.1, 0.15) is 49.4 Å². The molecule has 27 heavy (non-hydrogen) atoms. The molecule has 6 nitrogen and oxygen atoms in total. The van der Waals surface area contributed by atoms with Crippen molar-refractivity contribution in [2.24, 2.45) is 5.92 Å². The van der Waals surface area contributed by atoms with Gasteiger partial charge in [0.2, 0.25) is 0 Å². The van der Waals surface area contributed by atoms with E-state index in [-0.39, 0.29) is 24.6 Å². The molecule has 0 spiro atoms. The van der Waals surface area contributed by atoms with Crippen molar-refractivity contribution in [3.05, 3.63) is 29.8 Å². The van der Waals surface area contributed by atoms with Gasteiger partial charge in [-0.3, -0.25) is 9.59 Å². The van der Waals surface area contributed by atoms with Crippen LogP contribution in [0.25, 0.3) is 0 Å². The van der Waals surface area contributed by atoms with Crippen molar-refractivity contribution in [1.82, 2.24) is 4.90 Å². The van der Waals surface area contributed by atoms with Gasteiger partial charge in [0.1, 0.15) is 0 Å². The molecule has 150 valence electrons. The highest BCUT2D eigenvalue weighted by Crippen LogP contribution is 2.37. The second-order valence-electron chi connectivity index (χ2n) is 7.54. The Bertz CT molecular complexity index is 616. The first-order valence-electron chi connectivity index (χ1n) is 9.80. The normalized spacial score (nSPS) is 21.8. The molecule has 2 aliphatic rings. The Kier molecular flexibility index (Phi) is 8.10. The van der Waals surface area contributed by atoms with E-state index in [1.54, 1.807) is 0 Å². The fourth-order valence-electron chi connectivity index (χ4n) is 3.46. The number of hydrogen-bond acceptors (Lipinski definition) is 4. The molecule has 1 heterocycles. The van der Waals surface area contributed by atoms with Crippen LogP contribution in [-0.2, 0) is 9.53 Å². The molecule has 1 aromatic carbocycles. The van der Waals surface area contributed by atoms with E-state index in [9.17, 15) is 4.79 Å². The molecular formula is C21H32N2O4. The average molecular weight is 376 g/mol. The maximum Gasteiger partial charge on any atom is 0.290 e. The molecule has 2 atom stereocenters. The van der Waals surface area contributed by atoms with Crippen LogP contribution in [0.3, 0.4) is 0 Å². The summed E-state index contributed by atoms with van der Waals surface area (Å²) in [7, 11) is 4.00. The highest BCUT2D eigenvalue weighted by molar-refractivity contribution is 5.95. The predicted octanol–water partition coefficient (Wildman–Crippen LogP) is 3.26. The zero-order valence-corrected chi connectivity index (χ0v) is 16.6. The molecule has 0 radical (unpaired) electrons. The van der Waals surface area contributed by atoms with Gasteiger partial charge in [-0.1, -0.05) is 25.8 Å². The monoisotopic (exact) mass is 376 g/mol. The van der Waals surface area contributed by atoms with Gasteiger partial charge in [-0.25, -0.2) is 0 Å². The number of hydrogen-bond donors (Lipinski definition) is 1. The number of carbonyl (C=O) groups is 2. The van der Waals surface area contributed by atoms with Crippen LogP contribution in [0.2, 0.25) is 0 Å². The third-order valence-electron chi connectivity index (χ3n) is 5.12. The number of benzene rings is 1. The van der Waals surface area contributed by atoms with Crippen LogP contribution in [0.4, 0.5) is 5.69 Å². The molecule has 1 aliphatic heterocycles. The van der Waals surface area contributed by atoms with E-state index < -0.39 is 0 Å². The first-order chi connectivity index (χ1) is 13.0. The van der Waals surface area contributed by atoms with E-state index in [0.29, 0.717) is 5.92 Å². The second kappa shape index (κ2) is 10.3. The Labute approximate surface area is 162 Å². The van der Waals surface area contributed by atoms with E-state index >= 15 is 0 Å². The lowest BCUT2D eigenvalue weighted by molar-refractivity contribution is -0.122. The van der Waals surface area contributed by atoms with Gasteiger partial charge in [0.05, 0.1) is 12.2 Å². The number of carbonyl (C=O) groups excluding carboxylic acids is 1. The van der Waals surface area contributed by atoms with Crippen molar-refractivity contribution in [2.75, 3.05) is 32.1 Å². The largest absolute Gasteiger partial charge is 0.483 e. The van der Waals surface area contributed by atoms with Gasteiger partial charge in [0.25, 0.3) is 12.4 Å². The Morgan fingerprint density at radius 3 is 2.63 bits per heavy atom. The van der Waals surface area contributed by atoms with Crippen molar-refractivity contribution in [1.29, 1.82) is 0 Å². The summed E-state index contributed by atoms with van der Waals surface area (Å²) in [5, 5.41) is 6.89. The van der Waals surface area contributed by atoms with Crippen LogP contribution in [-0.4, -0.2) is 61.8 Å². The summed E-state index contributed by atoms with van der Waals surface area (Å²) in [6, 6.07) is 7.92. The summed E-state index contributed by atoms with van der Waals surface area (Å²) in [4.78, 5) is 25.5. The molecule has 0 aromatic heterocycles. The van der Waals surface area contributed by atoms with Gasteiger partial charge in [-0.2, -0.15) is 0 Å². The molecule has 1 amide bonds. The summed E-state index contributed by atoms with van der Waals surface area (Å²) in [6.07, 6.45) is 6.34. The lowest BCUT2D eigenvalue weighted by Crippen LogP contribution is -2.50. The summed E-state index contributed by atoms with van der Waals surface area (Å²) < 4.78 is 6.29. The average Bonchev–Trinajstić information content (AvgIpc) is 3.51. The molecule has 0 unspecified atom stereocenters. The maximum atomic E-state index is 13.0. The molecule has 0 bridgehead atoms. The van der Waals surface area contributed by atoms with Crippen molar-refractivity contribution < 1.29 is 19.4 Å². The lowest BCUT2D eigenvalue weighted by Gasteiger charge is -2.38. The number of amides is 1. The Hall–Kier alpha value is -2.08. The molecule has 6 heteroatoms. The second-order valence-corrected chi connectivity index (χ2v) is 7.54. The summed E-state index contributed by atoms with van der Waals surface area (Å²) in [6.45, 7) is 3.43. The van der Waals surface area contributed by atoms with Gasteiger partial charge < -0.3 is 19.6 Å². The minimum Gasteiger partial charge on any atom is -0.483 e. The molecule has 1 N–H and O–H groups in total. The third kappa shape index (κ3) is 6.24. The van der Waals surface area contributed by atoms with Gasteiger partial charge in [-0.15, -0.1) is 0 Å². The molecule has 1 aliphatic carbocycles. The highest BCUT2D eigenvalue weighted by Gasteiger charge is 2.39. The van der Waals surface area contributed by atoms with E-state index in [0.717, 1.165) is 30.8 Å². The van der Waals surface area contributed by atoms with E-state index in [1.165, 1.54) is 25.7 Å². The summed E-state index contributed by atoms with van der Waals surface area (Å²) in [5.74, 6) is 0.812. The van der Waals surface area contributed by atoms with Gasteiger partial charge >= 0.3 is 0 Å². The molecule has 1 aromatic rings. The van der Waals surface area contributed by atoms with Crippen molar-refractivity contribution >= 4 is 18.1 Å². The first kappa shape index (κ1) is 21.2. The Morgan fingerprint density at radius 1 is 1.33 bits per heavy atom. The van der Waals surface area contributed by atoms with Gasteiger partial charge in [-0.05, 0) is 43.4 Å². The van der Waals surface area contributed by atoms with Crippen LogP contribution < -0.4 is 4.90 Å². The molecule has 1 saturated carbocycles. The summed E-state index contributed by atoms with van der Waals surface area (Å²) >= 11 is 0. The van der Waals surface area contributed by atoms with E-state index in [2.05, 4.69) is 6.92 Å². The van der Waals surface area contributed by atoms with E-state index in [4.69, 9.17) is 14.6 Å². The number of rotatable bonds is 6. The minimum absolute atomic E-state index is 0.147. The van der Waals surface area contributed by atoms with Crippen molar-refractivity contribution in [3.8, 4) is 0 Å². The first-order valence-corrected chi connectivity index (χ1v) is 9.80. The maximum absolute atomic E-state index is 13.0. The van der Waals surface area contributed by atoms with Crippen LogP contribution >= 0.6 is 0 Å². The fourth-order valence-corrected chi connectivity index (χ4v) is 3.46. The number of nitrogens with zero attached hydrogens (tertiary/aromatic N) is 2. The zero-order valence-electron chi connectivity index (χ0n) is 16.6. The molecule has 3 rings (SSSR count). The number of unbranched alkanes of at least 4 members (excludes halogenated alkanes) is 1. The number of morpholine rings is 1. The fraction of sp³-hybridized carbons (Fsp3) is 0.619. The van der Waals surface area contributed by atoms with Crippen LogP contribution in [0.5, 0.6) is 0 Å². The van der Waals surface area contributed by atoms with Crippen molar-refractivity contribution in [2.45, 2.75) is 51.2 Å². The van der Waals surface area contributed by atoms with E-state index in [1.807, 2.05) is 48.2 Å². The Morgan fingerprint density at radius 2 is 2.04 bits per heavy atom. The van der Waals surface area contributed by atoms with Crippen LogP contribution in [0, 0.1) is 5.92 Å². The van der Waals surface area contributed by atoms with Gasteiger partial charge in [0.15, 0.2) is 0 Å². The molecule has 1 saturated heterocycles.